The summed E-state index contributed by atoms with van der Waals surface area (Å²) in [5.74, 6) is 0.312. The fourth-order valence-electron chi connectivity index (χ4n) is 1.87. The minimum atomic E-state index is -0.355. The second kappa shape index (κ2) is 7.86. The highest BCUT2D eigenvalue weighted by atomic mass is 35.5. The number of anilines is 1. The third-order valence-electron chi connectivity index (χ3n) is 2.80. The molecular formula is C14H15Cl3N4O2. The van der Waals surface area contributed by atoms with Crippen molar-refractivity contribution in [1.29, 1.82) is 0 Å². The molecule has 2 aromatic rings. The molecule has 124 valence electrons. The van der Waals surface area contributed by atoms with E-state index in [0.29, 0.717) is 12.4 Å². The molecule has 1 amide bonds. The van der Waals surface area contributed by atoms with Crippen LogP contribution in [0.3, 0.4) is 0 Å². The SMILES string of the molecule is CCCn1nc(C)cc1NC(=O)COc1nc(Cl)c(Cl)cc1Cl. The van der Waals surface area contributed by atoms with Crippen LogP contribution in [0.5, 0.6) is 5.88 Å². The van der Waals surface area contributed by atoms with Gasteiger partial charge in [-0.1, -0.05) is 41.7 Å². The minimum Gasteiger partial charge on any atom is -0.466 e. The zero-order valence-corrected chi connectivity index (χ0v) is 14.8. The predicted octanol–water partition coefficient (Wildman–Crippen LogP) is 3.97. The molecule has 0 saturated carbocycles. The van der Waals surface area contributed by atoms with Crippen LogP contribution in [-0.2, 0) is 11.3 Å². The number of nitrogens with zero attached hydrogens (tertiary/aromatic N) is 3. The molecule has 0 aromatic carbocycles. The van der Waals surface area contributed by atoms with Crippen molar-refractivity contribution in [3.63, 3.8) is 0 Å². The van der Waals surface area contributed by atoms with Crippen LogP contribution >= 0.6 is 34.8 Å². The van der Waals surface area contributed by atoms with Gasteiger partial charge in [-0.3, -0.25) is 4.79 Å². The van der Waals surface area contributed by atoms with Crippen LogP contribution in [-0.4, -0.2) is 27.3 Å². The smallest absolute Gasteiger partial charge is 0.263 e. The topological polar surface area (TPSA) is 69.0 Å². The first-order valence-electron chi connectivity index (χ1n) is 6.89. The first-order valence-corrected chi connectivity index (χ1v) is 8.02. The molecule has 23 heavy (non-hydrogen) atoms. The lowest BCUT2D eigenvalue weighted by molar-refractivity contribution is -0.118. The number of amides is 1. The van der Waals surface area contributed by atoms with E-state index in [2.05, 4.69) is 15.4 Å². The quantitative estimate of drug-likeness (QED) is 0.773. The molecule has 0 spiro atoms. The van der Waals surface area contributed by atoms with Crippen molar-refractivity contribution in [3.8, 4) is 5.88 Å². The fourth-order valence-corrected chi connectivity index (χ4v) is 2.42. The molecule has 9 heteroatoms. The zero-order chi connectivity index (χ0) is 17.0. The average Bonchev–Trinajstić information content (AvgIpc) is 2.81. The molecule has 2 heterocycles. The normalized spacial score (nSPS) is 10.7. The lowest BCUT2D eigenvalue weighted by Crippen LogP contribution is -2.22. The van der Waals surface area contributed by atoms with Crippen LogP contribution in [0.2, 0.25) is 15.2 Å². The van der Waals surface area contributed by atoms with Gasteiger partial charge in [-0.25, -0.2) is 4.68 Å². The summed E-state index contributed by atoms with van der Waals surface area (Å²) >= 11 is 17.5. The van der Waals surface area contributed by atoms with E-state index in [4.69, 9.17) is 39.5 Å². The molecule has 0 bridgehead atoms. The monoisotopic (exact) mass is 376 g/mol. The highest BCUT2D eigenvalue weighted by Crippen LogP contribution is 2.30. The lowest BCUT2D eigenvalue weighted by Gasteiger charge is -2.10. The summed E-state index contributed by atoms with van der Waals surface area (Å²) in [6.07, 6.45) is 0.906. The van der Waals surface area contributed by atoms with Crippen LogP contribution in [0, 0.1) is 6.92 Å². The Bertz CT molecular complexity index is 718. The Morgan fingerprint density at radius 2 is 2.04 bits per heavy atom. The number of hydrogen-bond acceptors (Lipinski definition) is 4. The average molecular weight is 378 g/mol. The van der Waals surface area contributed by atoms with Crippen LogP contribution in [0.1, 0.15) is 19.0 Å². The molecular weight excluding hydrogens is 363 g/mol. The van der Waals surface area contributed by atoms with Gasteiger partial charge in [0.2, 0.25) is 5.88 Å². The molecule has 0 fully saturated rings. The number of rotatable bonds is 6. The number of carbonyl (C=O) groups is 1. The number of pyridine rings is 1. The van der Waals surface area contributed by atoms with Crippen molar-refractivity contribution in [2.24, 2.45) is 0 Å². The van der Waals surface area contributed by atoms with E-state index in [-0.39, 0.29) is 33.6 Å². The third-order valence-corrected chi connectivity index (χ3v) is 3.74. The first kappa shape index (κ1) is 17.8. The molecule has 0 saturated heterocycles. The standard InChI is InChI=1S/C14H15Cl3N4O2/c1-3-4-21-11(5-8(2)20-21)18-12(22)7-23-14-10(16)6-9(15)13(17)19-14/h5-6H,3-4,7H2,1-2H3,(H,18,22). The molecule has 2 rings (SSSR count). The number of nitrogens with one attached hydrogen (secondary N) is 1. The Hall–Kier alpha value is -1.50. The minimum absolute atomic E-state index is 0.0504. The number of aryl methyl sites for hydroxylation is 2. The van der Waals surface area contributed by atoms with Crippen molar-refractivity contribution in [2.45, 2.75) is 26.8 Å². The summed E-state index contributed by atoms with van der Waals surface area (Å²) in [5, 5.41) is 7.49. The number of halogens is 3. The highest BCUT2D eigenvalue weighted by Gasteiger charge is 2.13. The predicted molar refractivity (Wildman–Crippen MR) is 90.6 cm³/mol. The van der Waals surface area contributed by atoms with Gasteiger partial charge in [0.1, 0.15) is 10.8 Å². The molecule has 0 aliphatic heterocycles. The summed E-state index contributed by atoms with van der Waals surface area (Å²) in [6.45, 7) is 4.34. The largest absolute Gasteiger partial charge is 0.466 e. The van der Waals surface area contributed by atoms with E-state index in [1.54, 1.807) is 10.7 Å². The Balaban J connectivity index is 1.99. The van der Waals surface area contributed by atoms with Gasteiger partial charge in [0.25, 0.3) is 5.91 Å². The van der Waals surface area contributed by atoms with Gasteiger partial charge in [0, 0.05) is 12.6 Å². The van der Waals surface area contributed by atoms with Crippen molar-refractivity contribution in [1.82, 2.24) is 14.8 Å². The van der Waals surface area contributed by atoms with E-state index in [0.717, 1.165) is 12.1 Å². The number of ether oxygens (including phenoxy) is 1. The third kappa shape index (κ3) is 4.73. The van der Waals surface area contributed by atoms with E-state index in [1.807, 2.05) is 13.8 Å². The molecule has 0 atom stereocenters. The maximum absolute atomic E-state index is 12.0. The summed E-state index contributed by atoms with van der Waals surface area (Å²) in [5.41, 5.74) is 0.823. The summed E-state index contributed by atoms with van der Waals surface area (Å²) < 4.78 is 7.02. The van der Waals surface area contributed by atoms with Crippen LogP contribution in [0.4, 0.5) is 5.82 Å². The second-order valence-electron chi connectivity index (χ2n) is 4.78. The second-order valence-corrected chi connectivity index (χ2v) is 5.95. The molecule has 0 radical (unpaired) electrons. The Kier molecular flexibility index (Phi) is 6.10. The van der Waals surface area contributed by atoms with E-state index < -0.39 is 0 Å². The number of hydrogen-bond donors (Lipinski definition) is 1. The van der Waals surface area contributed by atoms with Gasteiger partial charge in [0.05, 0.1) is 10.7 Å². The van der Waals surface area contributed by atoms with Crippen molar-refractivity contribution in [3.05, 3.63) is 33.0 Å². The maximum Gasteiger partial charge on any atom is 0.263 e. The van der Waals surface area contributed by atoms with Gasteiger partial charge in [-0.2, -0.15) is 10.1 Å². The Morgan fingerprint density at radius 1 is 1.30 bits per heavy atom. The fraction of sp³-hybridized carbons (Fsp3) is 0.357. The van der Waals surface area contributed by atoms with E-state index in [9.17, 15) is 4.79 Å². The van der Waals surface area contributed by atoms with Gasteiger partial charge < -0.3 is 10.1 Å². The Labute approximate surface area is 148 Å². The number of aromatic nitrogens is 3. The van der Waals surface area contributed by atoms with Gasteiger partial charge in [-0.05, 0) is 19.4 Å². The van der Waals surface area contributed by atoms with Gasteiger partial charge >= 0.3 is 0 Å². The molecule has 1 N–H and O–H groups in total. The molecule has 0 aliphatic carbocycles. The van der Waals surface area contributed by atoms with Gasteiger partial charge in [-0.15, -0.1) is 0 Å². The lowest BCUT2D eigenvalue weighted by atomic mass is 10.4. The molecule has 0 aliphatic rings. The molecule has 6 nitrogen and oxygen atoms in total. The Morgan fingerprint density at radius 3 is 2.74 bits per heavy atom. The molecule has 0 unspecified atom stereocenters. The van der Waals surface area contributed by atoms with Crippen LogP contribution in [0.15, 0.2) is 12.1 Å². The van der Waals surface area contributed by atoms with Crippen molar-refractivity contribution >= 4 is 46.5 Å². The van der Waals surface area contributed by atoms with Gasteiger partial charge in [0.15, 0.2) is 11.8 Å². The van der Waals surface area contributed by atoms with E-state index >= 15 is 0 Å². The van der Waals surface area contributed by atoms with Crippen molar-refractivity contribution < 1.29 is 9.53 Å². The molecule has 2 aromatic heterocycles. The highest BCUT2D eigenvalue weighted by molar-refractivity contribution is 6.42. The first-order chi connectivity index (χ1) is 10.9. The van der Waals surface area contributed by atoms with E-state index in [1.165, 1.54) is 6.07 Å². The van der Waals surface area contributed by atoms with Crippen molar-refractivity contribution in [2.75, 3.05) is 11.9 Å². The summed E-state index contributed by atoms with van der Waals surface area (Å²) in [4.78, 5) is 15.9. The summed E-state index contributed by atoms with van der Waals surface area (Å²) in [7, 11) is 0. The van der Waals surface area contributed by atoms with Crippen LogP contribution in [0.25, 0.3) is 0 Å². The number of carbonyl (C=O) groups excluding carboxylic acids is 1. The zero-order valence-electron chi connectivity index (χ0n) is 12.6. The maximum atomic E-state index is 12.0. The summed E-state index contributed by atoms with van der Waals surface area (Å²) in [6, 6.07) is 3.20. The van der Waals surface area contributed by atoms with Crippen LogP contribution < -0.4 is 10.1 Å².